The van der Waals surface area contributed by atoms with Gasteiger partial charge >= 0.3 is 0 Å². The summed E-state index contributed by atoms with van der Waals surface area (Å²) < 4.78 is 5.18. The number of rotatable bonds is 4. The van der Waals surface area contributed by atoms with E-state index in [9.17, 15) is 9.59 Å². The summed E-state index contributed by atoms with van der Waals surface area (Å²) in [4.78, 5) is 31.5. The van der Waals surface area contributed by atoms with Gasteiger partial charge in [-0.15, -0.1) is 0 Å². The lowest BCUT2D eigenvalue weighted by Gasteiger charge is -2.07. The molecule has 0 radical (unpaired) electrons. The number of aromatic amines is 1. The van der Waals surface area contributed by atoms with Crippen molar-refractivity contribution in [2.45, 2.75) is 6.42 Å². The first-order valence-electron chi connectivity index (χ1n) is 6.83. The molecular formula is C17H14N2O3. The van der Waals surface area contributed by atoms with Crippen LogP contribution in [0.1, 0.15) is 16.1 Å². The van der Waals surface area contributed by atoms with E-state index >= 15 is 0 Å². The van der Waals surface area contributed by atoms with E-state index in [4.69, 9.17) is 4.74 Å². The van der Waals surface area contributed by atoms with Crippen LogP contribution in [0.25, 0.3) is 11.0 Å². The molecule has 5 nitrogen and oxygen atoms in total. The van der Waals surface area contributed by atoms with E-state index in [1.165, 1.54) is 7.11 Å². The topological polar surface area (TPSA) is 72.0 Å². The van der Waals surface area contributed by atoms with Gasteiger partial charge in [0.05, 0.1) is 30.1 Å². The zero-order chi connectivity index (χ0) is 15.5. The minimum absolute atomic E-state index is 0.0689. The van der Waals surface area contributed by atoms with Gasteiger partial charge in [-0.05, 0) is 24.3 Å². The molecule has 22 heavy (non-hydrogen) atoms. The second-order valence-corrected chi connectivity index (χ2v) is 4.83. The molecule has 0 bridgehead atoms. The minimum atomic E-state index is -0.345. The van der Waals surface area contributed by atoms with Gasteiger partial charge in [-0.1, -0.05) is 24.3 Å². The van der Waals surface area contributed by atoms with Crippen LogP contribution in [0.4, 0.5) is 0 Å². The fourth-order valence-electron chi connectivity index (χ4n) is 2.31. The largest absolute Gasteiger partial charge is 0.496 e. The Balaban J connectivity index is 1.97. The molecule has 0 aliphatic rings. The number of carbonyl (C=O) groups excluding carboxylic acids is 1. The highest BCUT2D eigenvalue weighted by Gasteiger charge is 2.15. The van der Waals surface area contributed by atoms with Gasteiger partial charge in [0.25, 0.3) is 5.56 Å². The molecule has 1 aromatic heterocycles. The van der Waals surface area contributed by atoms with E-state index in [1.807, 2.05) is 12.1 Å². The molecule has 0 atom stereocenters. The Labute approximate surface area is 126 Å². The Morgan fingerprint density at radius 2 is 1.86 bits per heavy atom. The predicted molar refractivity (Wildman–Crippen MR) is 83.4 cm³/mol. The van der Waals surface area contributed by atoms with E-state index in [1.54, 1.807) is 36.4 Å². The number of carbonyl (C=O) groups is 1. The van der Waals surface area contributed by atoms with Crippen LogP contribution in [0.5, 0.6) is 5.75 Å². The van der Waals surface area contributed by atoms with Crippen LogP contribution in [-0.4, -0.2) is 22.9 Å². The Hall–Kier alpha value is -2.95. The third-order valence-corrected chi connectivity index (χ3v) is 3.41. The number of aromatic nitrogens is 2. The molecule has 0 unspecified atom stereocenters. The van der Waals surface area contributed by atoms with Gasteiger partial charge in [0, 0.05) is 0 Å². The number of H-pyrrole nitrogens is 1. The molecule has 5 heteroatoms. The summed E-state index contributed by atoms with van der Waals surface area (Å²) in [5.41, 5.74) is 1.61. The summed E-state index contributed by atoms with van der Waals surface area (Å²) in [5, 5.41) is 0. The molecule has 1 heterocycles. The smallest absolute Gasteiger partial charge is 0.270 e. The number of Topliss-reactive ketones (excluding diaryl/α,β-unsaturated/α-hetero) is 1. The predicted octanol–water partition coefficient (Wildman–Crippen LogP) is 2.36. The van der Waals surface area contributed by atoms with Crippen LogP contribution < -0.4 is 10.3 Å². The summed E-state index contributed by atoms with van der Waals surface area (Å²) in [7, 11) is 1.51. The standard InChI is InChI=1S/C17H14N2O3/c1-22-16-9-5-2-6-11(16)15(20)10-14-17(21)19-13-8-4-3-7-12(13)18-14/h2-9H,10H2,1H3,(H,19,21). The van der Waals surface area contributed by atoms with Gasteiger partial charge < -0.3 is 9.72 Å². The maximum atomic E-state index is 12.4. The molecule has 0 amide bonds. The van der Waals surface area contributed by atoms with E-state index in [-0.39, 0.29) is 23.5 Å². The first kappa shape index (κ1) is 14.0. The second kappa shape index (κ2) is 5.81. The molecule has 110 valence electrons. The number of nitrogens with one attached hydrogen (secondary N) is 1. The average Bonchev–Trinajstić information content (AvgIpc) is 2.55. The van der Waals surface area contributed by atoms with E-state index in [2.05, 4.69) is 9.97 Å². The fraction of sp³-hybridized carbons (Fsp3) is 0.118. The molecule has 3 aromatic rings. The molecule has 3 rings (SSSR count). The molecule has 1 N–H and O–H groups in total. The fourth-order valence-corrected chi connectivity index (χ4v) is 2.31. The molecular weight excluding hydrogens is 280 g/mol. The molecule has 0 saturated heterocycles. The summed E-state index contributed by atoms with van der Waals surface area (Å²) in [6.07, 6.45) is -0.0689. The maximum Gasteiger partial charge on any atom is 0.270 e. The van der Waals surface area contributed by atoms with Crippen LogP contribution in [0.2, 0.25) is 0 Å². The lowest BCUT2D eigenvalue weighted by Crippen LogP contribution is -2.19. The quantitative estimate of drug-likeness (QED) is 0.750. The van der Waals surface area contributed by atoms with E-state index in [0.717, 1.165) is 0 Å². The van der Waals surface area contributed by atoms with E-state index < -0.39 is 0 Å². The number of fused-ring (bicyclic) bond motifs is 1. The van der Waals surface area contributed by atoms with Gasteiger partial charge in [0.15, 0.2) is 5.78 Å². The van der Waals surface area contributed by atoms with Crippen LogP contribution >= 0.6 is 0 Å². The lowest BCUT2D eigenvalue weighted by atomic mass is 10.1. The number of hydrogen-bond donors (Lipinski definition) is 1. The summed E-state index contributed by atoms with van der Waals surface area (Å²) in [6.45, 7) is 0. The third kappa shape index (κ3) is 2.61. The molecule has 0 fully saturated rings. The summed E-state index contributed by atoms with van der Waals surface area (Å²) in [6, 6.07) is 14.2. The minimum Gasteiger partial charge on any atom is -0.496 e. The number of hydrogen-bond acceptors (Lipinski definition) is 4. The van der Waals surface area contributed by atoms with Crippen molar-refractivity contribution in [2.75, 3.05) is 7.11 Å². The summed E-state index contributed by atoms with van der Waals surface area (Å²) >= 11 is 0. The van der Waals surface area contributed by atoms with Crippen LogP contribution in [0, 0.1) is 0 Å². The SMILES string of the molecule is COc1ccccc1C(=O)Cc1nc2ccccc2[nH]c1=O. The highest BCUT2D eigenvalue weighted by Crippen LogP contribution is 2.19. The number of benzene rings is 2. The van der Waals surface area contributed by atoms with E-state index in [0.29, 0.717) is 22.3 Å². The first-order valence-corrected chi connectivity index (χ1v) is 6.83. The van der Waals surface area contributed by atoms with Crippen LogP contribution in [-0.2, 0) is 6.42 Å². The molecule has 0 aliphatic heterocycles. The van der Waals surface area contributed by atoms with Crippen molar-refractivity contribution in [2.24, 2.45) is 0 Å². The highest BCUT2D eigenvalue weighted by molar-refractivity contribution is 5.99. The Bertz CT molecular complexity index is 900. The molecule has 2 aromatic carbocycles. The number of methoxy groups -OCH3 is 1. The lowest BCUT2D eigenvalue weighted by molar-refractivity contribution is 0.0988. The number of ether oxygens (including phenoxy) is 1. The number of ketones is 1. The summed E-state index contributed by atoms with van der Waals surface area (Å²) in [5.74, 6) is 0.287. The van der Waals surface area contributed by atoms with Crippen molar-refractivity contribution in [3.05, 3.63) is 70.1 Å². The van der Waals surface area contributed by atoms with Gasteiger partial charge in [0.1, 0.15) is 11.4 Å². The number of nitrogens with zero attached hydrogens (tertiary/aromatic N) is 1. The second-order valence-electron chi connectivity index (χ2n) is 4.83. The average molecular weight is 294 g/mol. The van der Waals surface area contributed by atoms with Crippen molar-refractivity contribution in [3.8, 4) is 5.75 Å². The first-order chi connectivity index (χ1) is 10.7. The van der Waals surface area contributed by atoms with Crippen molar-refractivity contribution in [1.82, 2.24) is 9.97 Å². The van der Waals surface area contributed by atoms with Crippen molar-refractivity contribution in [1.29, 1.82) is 0 Å². The maximum absolute atomic E-state index is 12.4. The normalized spacial score (nSPS) is 10.6. The van der Waals surface area contributed by atoms with Crippen molar-refractivity contribution >= 4 is 16.8 Å². The molecule has 0 saturated carbocycles. The van der Waals surface area contributed by atoms with Crippen LogP contribution in [0.15, 0.2) is 53.3 Å². The monoisotopic (exact) mass is 294 g/mol. The van der Waals surface area contributed by atoms with Gasteiger partial charge in [0.2, 0.25) is 0 Å². The van der Waals surface area contributed by atoms with Gasteiger partial charge in [-0.2, -0.15) is 0 Å². The Morgan fingerprint density at radius 1 is 1.14 bits per heavy atom. The third-order valence-electron chi connectivity index (χ3n) is 3.41. The Kier molecular flexibility index (Phi) is 3.70. The van der Waals surface area contributed by atoms with Crippen molar-refractivity contribution < 1.29 is 9.53 Å². The zero-order valence-electron chi connectivity index (χ0n) is 12.0. The zero-order valence-corrected chi connectivity index (χ0v) is 12.0. The van der Waals surface area contributed by atoms with Crippen molar-refractivity contribution in [3.63, 3.8) is 0 Å². The van der Waals surface area contributed by atoms with Gasteiger partial charge in [-0.3, -0.25) is 9.59 Å². The Morgan fingerprint density at radius 3 is 2.68 bits per heavy atom. The number of para-hydroxylation sites is 3. The highest BCUT2D eigenvalue weighted by atomic mass is 16.5. The molecule has 0 spiro atoms. The molecule has 0 aliphatic carbocycles. The van der Waals surface area contributed by atoms with Crippen LogP contribution in [0.3, 0.4) is 0 Å². The van der Waals surface area contributed by atoms with Gasteiger partial charge in [-0.25, -0.2) is 4.98 Å².